The lowest BCUT2D eigenvalue weighted by molar-refractivity contribution is 0.102. The third-order valence-electron chi connectivity index (χ3n) is 7.63. The summed E-state index contributed by atoms with van der Waals surface area (Å²) in [7, 11) is 1.73. The summed E-state index contributed by atoms with van der Waals surface area (Å²) in [5, 5.41) is 11.9. The van der Waals surface area contributed by atoms with Crippen LogP contribution in [-0.4, -0.2) is 70.6 Å². The van der Waals surface area contributed by atoms with Crippen LogP contribution in [0.1, 0.15) is 37.6 Å². The van der Waals surface area contributed by atoms with Crippen LogP contribution in [0.3, 0.4) is 0 Å². The maximum absolute atomic E-state index is 14.7. The van der Waals surface area contributed by atoms with E-state index in [0.717, 1.165) is 30.6 Å². The van der Waals surface area contributed by atoms with E-state index in [-0.39, 0.29) is 16.9 Å². The number of anilines is 2. The van der Waals surface area contributed by atoms with Gasteiger partial charge in [0.1, 0.15) is 5.52 Å². The van der Waals surface area contributed by atoms with Crippen molar-refractivity contribution in [3.63, 3.8) is 0 Å². The Morgan fingerprint density at radius 1 is 1.25 bits per heavy atom. The van der Waals surface area contributed by atoms with Crippen LogP contribution < -0.4 is 20.3 Å². The number of hydrogen-bond acceptors (Lipinski definition) is 8. The number of fused-ring (bicyclic) bond motifs is 2. The van der Waals surface area contributed by atoms with Crippen LogP contribution in [0.25, 0.3) is 21.8 Å². The van der Waals surface area contributed by atoms with E-state index in [2.05, 4.69) is 46.4 Å². The Hall–Kier alpha value is -3.83. The van der Waals surface area contributed by atoms with Crippen LogP contribution in [-0.2, 0) is 11.8 Å². The van der Waals surface area contributed by atoms with Crippen molar-refractivity contribution in [3.8, 4) is 6.01 Å². The second kappa shape index (κ2) is 10.3. The number of aryl methyl sites for hydroxylation is 1. The molecule has 0 spiro atoms. The smallest absolute Gasteiger partial charge is 0.316 e. The standard InChI is InChI=1S/C29H34FN7O3/c1-17-12-37(13-18(2)32-17)24-6-5-21(27(38)33-20-9-19-14-36(4)35-25(19)23(30)10-20)26-22(24)11-31-28(34-26)40-16-29(3)7-8-39-15-29/h5-6,9-11,14,17-18,32H,7-8,12-13,15-16H2,1-4H3,(H,33,38)/t17-,18-,29?/m0/s1. The highest BCUT2D eigenvalue weighted by atomic mass is 19.1. The molecule has 4 aromatic rings. The van der Waals surface area contributed by atoms with Gasteiger partial charge in [0.2, 0.25) is 0 Å². The second-order valence-electron chi connectivity index (χ2n) is 11.5. The highest BCUT2D eigenvalue weighted by molar-refractivity contribution is 6.14. The summed E-state index contributed by atoms with van der Waals surface area (Å²) in [5.74, 6) is -0.903. The minimum Gasteiger partial charge on any atom is -0.463 e. The van der Waals surface area contributed by atoms with Crippen molar-refractivity contribution in [1.82, 2.24) is 25.1 Å². The molecule has 210 valence electrons. The molecule has 3 atom stereocenters. The van der Waals surface area contributed by atoms with Crippen molar-refractivity contribution in [2.24, 2.45) is 12.5 Å². The van der Waals surface area contributed by atoms with Gasteiger partial charge in [-0.2, -0.15) is 10.1 Å². The number of piperazine rings is 1. The normalized spacial score (nSPS) is 23.2. The summed E-state index contributed by atoms with van der Waals surface area (Å²) in [6, 6.07) is 7.50. The Morgan fingerprint density at radius 3 is 2.80 bits per heavy atom. The second-order valence-corrected chi connectivity index (χ2v) is 11.5. The molecule has 2 aliphatic heterocycles. The van der Waals surface area contributed by atoms with Crippen LogP contribution in [0.2, 0.25) is 0 Å². The fourth-order valence-electron chi connectivity index (χ4n) is 5.69. The van der Waals surface area contributed by atoms with Crippen LogP contribution in [0.5, 0.6) is 6.01 Å². The van der Waals surface area contributed by atoms with Gasteiger partial charge in [-0.15, -0.1) is 0 Å². The fourth-order valence-corrected chi connectivity index (χ4v) is 5.69. The van der Waals surface area contributed by atoms with Crippen molar-refractivity contribution >= 4 is 39.1 Å². The number of carbonyl (C=O) groups excluding carboxylic acids is 1. The van der Waals surface area contributed by atoms with Gasteiger partial charge in [-0.25, -0.2) is 9.37 Å². The Kier molecular flexibility index (Phi) is 6.79. The quantitative estimate of drug-likeness (QED) is 0.375. The zero-order valence-electron chi connectivity index (χ0n) is 23.2. The lowest BCUT2D eigenvalue weighted by Crippen LogP contribution is -2.54. The first-order valence-electron chi connectivity index (χ1n) is 13.6. The number of rotatable bonds is 6. The Bertz CT molecular complexity index is 1570. The molecule has 11 heteroatoms. The maximum Gasteiger partial charge on any atom is 0.316 e. The first kappa shape index (κ1) is 26.4. The minimum atomic E-state index is -0.502. The lowest BCUT2D eigenvalue weighted by Gasteiger charge is -2.38. The van der Waals surface area contributed by atoms with Crippen molar-refractivity contribution in [2.75, 3.05) is 43.1 Å². The maximum atomic E-state index is 14.7. The fraction of sp³-hybridized carbons (Fsp3) is 0.448. The van der Waals surface area contributed by atoms with Crippen molar-refractivity contribution in [3.05, 3.63) is 48.0 Å². The third kappa shape index (κ3) is 5.18. The van der Waals surface area contributed by atoms with Crippen LogP contribution in [0, 0.1) is 11.2 Å². The molecule has 2 fully saturated rings. The molecule has 6 rings (SSSR count). The largest absolute Gasteiger partial charge is 0.463 e. The van der Waals surface area contributed by atoms with Crippen LogP contribution in [0.15, 0.2) is 36.7 Å². The van der Waals surface area contributed by atoms with Gasteiger partial charge in [0.15, 0.2) is 5.82 Å². The van der Waals surface area contributed by atoms with E-state index in [0.29, 0.717) is 54.1 Å². The predicted octanol–water partition coefficient (Wildman–Crippen LogP) is 3.90. The molecular weight excluding hydrogens is 513 g/mol. The average molecular weight is 548 g/mol. The number of hydrogen-bond donors (Lipinski definition) is 2. The van der Waals surface area contributed by atoms with Crippen LogP contribution >= 0.6 is 0 Å². The topological polar surface area (TPSA) is 106 Å². The zero-order valence-corrected chi connectivity index (χ0v) is 23.2. The summed E-state index contributed by atoms with van der Waals surface area (Å²) in [6.07, 6.45) is 4.34. The molecule has 2 saturated heterocycles. The summed E-state index contributed by atoms with van der Waals surface area (Å²) >= 11 is 0. The Labute approximate surface area is 231 Å². The minimum absolute atomic E-state index is 0.109. The van der Waals surface area contributed by atoms with E-state index in [1.54, 1.807) is 36.3 Å². The van der Waals surface area contributed by atoms with E-state index < -0.39 is 11.7 Å². The van der Waals surface area contributed by atoms with Crippen molar-refractivity contribution in [2.45, 2.75) is 39.3 Å². The molecule has 40 heavy (non-hydrogen) atoms. The van der Waals surface area contributed by atoms with Crippen molar-refractivity contribution < 1.29 is 18.7 Å². The summed E-state index contributed by atoms with van der Waals surface area (Å²) < 4.78 is 27.8. The summed E-state index contributed by atoms with van der Waals surface area (Å²) in [5.41, 5.74) is 2.27. The van der Waals surface area contributed by atoms with Gasteiger partial charge < -0.3 is 25.0 Å². The SMILES string of the molecule is C[C@H]1CN(c2ccc(C(=O)Nc3cc(F)c4nn(C)cc4c3)c3nc(OCC4(C)CCOC4)ncc23)C[C@H](C)N1. The third-order valence-corrected chi connectivity index (χ3v) is 7.63. The van der Waals surface area contributed by atoms with E-state index in [4.69, 9.17) is 14.5 Å². The van der Waals surface area contributed by atoms with Gasteiger partial charge in [0, 0.05) is 78.8 Å². The first-order chi connectivity index (χ1) is 19.2. The predicted molar refractivity (Wildman–Crippen MR) is 151 cm³/mol. The molecule has 1 unspecified atom stereocenters. The number of benzene rings is 2. The number of halogens is 1. The average Bonchev–Trinajstić information content (AvgIpc) is 3.51. The highest BCUT2D eigenvalue weighted by Gasteiger charge is 2.31. The number of nitrogens with one attached hydrogen (secondary N) is 2. The molecule has 1 amide bonds. The molecule has 0 saturated carbocycles. The Balaban J connectivity index is 1.36. The van der Waals surface area contributed by atoms with Gasteiger partial charge in [-0.3, -0.25) is 9.48 Å². The molecule has 2 aliphatic rings. The summed E-state index contributed by atoms with van der Waals surface area (Å²) in [6.45, 7) is 9.79. The molecule has 2 aromatic carbocycles. The molecule has 2 N–H and O–H groups in total. The van der Waals surface area contributed by atoms with Gasteiger partial charge in [-0.1, -0.05) is 6.92 Å². The molecule has 4 heterocycles. The van der Waals surface area contributed by atoms with E-state index in [1.807, 2.05) is 6.07 Å². The van der Waals surface area contributed by atoms with Gasteiger partial charge >= 0.3 is 6.01 Å². The number of amides is 1. The molecule has 0 bridgehead atoms. The molecule has 0 aliphatic carbocycles. The zero-order chi connectivity index (χ0) is 28.0. The molecule has 0 radical (unpaired) electrons. The highest BCUT2D eigenvalue weighted by Crippen LogP contribution is 2.33. The monoisotopic (exact) mass is 547 g/mol. The van der Waals surface area contributed by atoms with Crippen LogP contribution in [0.4, 0.5) is 15.8 Å². The van der Waals surface area contributed by atoms with E-state index in [9.17, 15) is 9.18 Å². The number of carbonyl (C=O) groups is 1. The molecular formula is C29H34FN7O3. The van der Waals surface area contributed by atoms with Gasteiger partial charge in [0.05, 0.1) is 24.3 Å². The van der Waals surface area contributed by atoms with Crippen molar-refractivity contribution in [1.29, 1.82) is 0 Å². The Morgan fingerprint density at radius 2 is 2.05 bits per heavy atom. The lowest BCUT2D eigenvalue weighted by atomic mass is 9.91. The van der Waals surface area contributed by atoms with Gasteiger partial charge in [0.25, 0.3) is 5.91 Å². The van der Waals surface area contributed by atoms with E-state index >= 15 is 0 Å². The molecule has 2 aromatic heterocycles. The number of nitrogens with zero attached hydrogens (tertiary/aromatic N) is 5. The first-order valence-corrected chi connectivity index (χ1v) is 13.6. The number of ether oxygens (including phenoxy) is 2. The van der Waals surface area contributed by atoms with E-state index in [1.165, 1.54) is 6.07 Å². The molecule has 10 nitrogen and oxygen atoms in total. The number of aromatic nitrogens is 4. The summed E-state index contributed by atoms with van der Waals surface area (Å²) in [4.78, 5) is 25.1. The van der Waals surface area contributed by atoms with Gasteiger partial charge in [-0.05, 0) is 44.5 Å².